The molecular weight excluding hydrogens is 253 g/mol. The molecule has 1 aromatic carbocycles. The molecule has 0 spiro atoms. The number of nitrogens with two attached hydrogens (primary N) is 1. The van der Waals surface area contributed by atoms with Crippen LogP contribution in [-0.2, 0) is 0 Å². The van der Waals surface area contributed by atoms with Crippen molar-refractivity contribution in [2.24, 2.45) is 17.6 Å². The first-order chi connectivity index (χ1) is 9.38. The number of hydrogen-bond acceptors (Lipinski definition) is 2. The largest absolute Gasteiger partial charge is 0.490 e. The van der Waals surface area contributed by atoms with Crippen LogP contribution in [0, 0.1) is 24.6 Å². The maximum Gasteiger partial charge on any atom is 0.126 e. The molecule has 1 aliphatic rings. The Labute approximate surface area is 121 Å². The average Bonchev–Trinajstić information content (AvgIpc) is 2.37. The fourth-order valence-corrected chi connectivity index (χ4v) is 2.91. The van der Waals surface area contributed by atoms with Gasteiger partial charge in [-0.05, 0) is 62.6 Å². The molecule has 112 valence electrons. The number of hydrogen-bond donors (Lipinski definition) is 1. The Hall–Kier alpha value is -1.09. The molecule has 20 heavy (non-hydrogen) atoms. The Kier molecular flexibility index (Phi) is 4.69. The molecule has 3 heteroatoms. The lowest BCUT2D eigenvalue weighted by atomic mass is 9.80. The summed E-state index contributed by atoms with van der Waals surface area (Å²) in [6.07, 6.45) is 3.55. The van der Waals surface area contributed by atoms with Gasteiger partial charge in [-0.3, -0.25) is 0 Å². The van der Waals surface area contributed by atoms with Crippen molar-refractivity contribution in [3.63, 3.8) is 0 Å². The molecule has 0 aromatic heterocycles. The van der Waals surface area contributed by atoms with Crippen LogP contribution in [0.1, 0.15) is 57.2 Å². The van der Waals surface area contributed by atoms with Gasteiger partial charge in [-0.25, -0.2) is 4.39 Å². The van der Waals surface area contributed by atoms with E-state index in [0.717, 1.165) is 30.1 Å². The highest BCUT2D eigenvalue weighted by molar-refractivity contribution is 5.40. The molecule has 0 heterocycles. The van der Waals surface area contributed by atoms with Gasteiger partial charge in [0.15, 0.2) is 0 Å². The quantitative estimate of drug-likeness (QED) is 0.892. The molecule has 1 aliphatic carbocycles. The van der Waals surface area contributed by atoms with Crippen LogP contribution < -0.4 is 10.5 Å². The molecular formula is C17H26FNO. The van der Waals surface area contributed by atoms with Gasteiger partial charge in [0.25, 0.3) is 0 Å². The minimum atomic E-state index is -0.222. The third kappa shape index (κ3) is 3.32. The summed E-state index contributed by atoms with van der Waals surface area (Å²) < 4.78 is 19.9. The van der Waals surface area contributed by atoms with Crippen LogP contribution in [0.25, 0.3) is 0 Å². The van der Waals surface area contributed by atoms with E-state index in [2.05, 4.69) is 13.8 Å². The zero-order chi connectivity index (χ0) is 14.9. The number of aryl methyl sites for hydroxylation is 1. The van der Waals surface area contributed by atoms with E-state index in [1.807, 2.05) is 6.92 Å². The van der Waals surface area contributed by atoms with Gasteiger partial charge < -0.3 is 10.5 Å². The summed E-state index contributed by atoms with van der Waals surface area (Å²) in [5, 5.41) is 0. The van der Waals surface area contributed by atoms with E-state index in [4.69, 9.17) is 10.5 Å². The minimum Gasteiger partial charge on any atom is -0.490 e. The molecule has 0 amide bonds. The van der Waals surface area contributed by atoms with Crippen LogP contribution in [0.3, 0.4) is 0 Å². The Balaban J connectivity index is 2.18. The standard InChI is InChI=1S/C17H26FNO/c1-10-5-6-14(7-11(10)2)20-17-8-12(3)16(18)9-15(17)13(4)19/h8-11,13-14H,5-7,19H2,1-4H3. The van der Waals surface area contributed by atoms with Gasteiger partial charge in [0.2, 0.25) is 0 Å². The van der Waals surface area contributed by atoms with E-state index in [9.17, 15) is 4.39 Å². The highest BCUT2D eigenvalue weighted by Gasteiger charge is 2.26. The average molecular weight is 279 g/mol. The number of benzene rings is 1. The van der Waals surface area contributed by atoms with E-state index >= 15 is 0 Å². The molecule has 1 fully saturated rings. The number of ether oxygens (including phenoxy) is 1. The molecule has 0 bridgehead atoms. The van der Waals surface area contributed by atoms with Gasteiger partial charge in [0.1, 0.15) is 11.6 Å². The molecule has 0 radical (unpaired) electrons. The summed E-state index contributed by atoms with van der Waals surface area (Å²) in [6.45, 7) is 8.21. The predicted octanol–water partition coefficient (Wildman–Crippen LogP) is 4.36. The van der Waals surface area contributed by atoms with Gasteiger partial charge in [-0.2, -0.15) is 0 Å². The van der Waals surface area contributed by atoms with Gasteiger partial charge in [0, 0.05) is 11.6 Å². The van der Waals surface area contributed by atoms with E-state index in [1.165, 1.54) is 12.5 Å². The molecule has 1 saturated carbocycles. The van der Waals surface area contributed by atoms with Crippen LogP contribution in [0.2, 0.25) is 0 Å². The first kappa shape index (κ1) is 15.3. The SMILES string of the molecule is Cc1cc(OC2CCC(C)C(C)C2)c(C(C)N)cc1F. The first-order valence-corrected chi connectivity index (χ1v) is 7.60. The van der Waals surface area contributed by atoms with Crippen LogP contribution >= 0.6 is 0 Å². The molecule has 2 rings (SSSR count). The van der Waals surface area contributed by atoms with Gasteiger partial charge >= 0.3 is 0 Å². The van der Waals surface area contributed by atoms with Crippen molar-refractivity contribution in [2.75, 3.05) is 0 Å². The van der Waals surface area contributed by atoms with Crippen molar-refractivity contribution in [2.45, 2.75) is 59.1 Å². The first-order valence-electron chi connectivity index (χ1n) is 7.60. The van der Waals surface area contributed by atoms with Gasteiger partial charge in [0.05, 0.1) is 6.10 Å². The highest BCUT2D eigenvalue weighted by Crippen LogP contribution is 2.34. The Morgan fingerprint density at radius 1 is 1.25 bits per heavy atom. The summed E-state index contributed by atoms with van der Waals surface area (Å²) in [5.74, 6) is 1.98. The van der Waals surface area contributed by atoms with Crippen LogP contribution in [-0.4, -0.2) is 6.10 Å². The zero-order valence-corrected chi connectivity index (χ0v) is 12.9. The lowest BCUT2D eigenvalue weighted by Crippen LogP contribution is -2.29. The second-order valence-electron chi connectivity index (χ2n) is 6.44. The molecule has 2 nitrogen and oxygen atoms in total. The normalized spacial score (nSPS) is 28.2. The van der Waals surface area contributed by atoms with E-state index < -0.39 is 0 Å². The Bertz CT molecular complexity index is 472. The third-order valence-corrected chi connectivity index (χ3v) is 4.63. The fraction of sp³-hybridized carbons (Fsp3) is 0.647. The monoisotopic (exact) mass is 279 g/mol. The Morgan fingerprint density at radius 2 is 1.95 bits per heavy atom. The summed E-state index contributed by atoms with van der Waals surface area (Å²) in [6, 6.07) is 3.08. The lowest BCUT2D eigenvalue weighted by molar-refractivity contribution is 0.0992. The van der Waals surface area contributed by atoms with Crippen molar-refractivity contribution in [1.82, 2.24) is 0 Å². The van der Waals surface area contributed by atoms with Crippen molar-refractivity contribution < 1.29 is 9.13 Å². The topological polar surface area (TPSA) is 35.2 Å². The summed E-state index contributed by atoms with van der Waals surface area (Å²) in [7, 11) is 0. The van der Waals surface area contributed by atoms with Crippen molar-refractivity contribution in [1.29, 1.82) is 0 Å². The summed E-state index contributed by atoms with van der Waals surface area (Å²) in [4.78, 5) is 0. The highest BCUT2D eigenvalue weighted by atomic mass is 19.1. The summed E-state index contributed by atoms with van der Waals surface area (Å²) in [5.41, 5.74) is 7.32. The van der Waals surface area contributed by atoms with E-state index in [1.54, 1.807) is 13.0 Å². The van der Waals surface area contributed by atoms with Gasteiger partial charge in [-0.1, -0.05) is 13.8 Å². The molecule has 2 N–H and O–H groups in total. The molecule has 0 saturated heterocycles. The fourth-order valence-electron chi connectivity index (χ4n) is 2.91. The second kappa shape index (κ2) is 6.13. The van der Waals surface area contributed by atoms with Crippen molar-refractivity contribution >= 4 is 0 Å². The zero-order valence-electron chi connectivity index (χ0n) is 12.9. The van der Waals surface area contributed by atoms with E-state index in [0.29, 0.717) is 11.5 Å². The third-order valence-electron chi connectivity index (χ3n) is 4.63. The second-order valence-corrected chi connectivity index (χ2v) is 6.44. The smallest absolute Gasteiger partial charge is 0.126 e. The number of halogens is 1. The van der Waals surface area contributed by atoms with E-state index in [-0.39, 0.29) is 18.0 Å². The minimum absolute atomic E-state index is 0.213. The lowest BCUT2D eigenvalue weighted by Gasteiger charge is -2.33. The predicted molar refractivity (Wildman–Crippen MR) is 80.3 cm³/mol. The summed E-state index contributed by atoms with van der Waals surface area (Å²) >= 11 is 0. The molecule has 4 unspecified atom stereocenters. The molecule has 0 aliphatic heterocycles. The van der Waals surface area contributed by atoms with Gasteiger partial charge in [-0.15, -0.1) is 0 Å². The van der Waals surface area contributed by atoms with Crippen LogP contribution in [0.15, 0.2) is 12.1 Å². The molecule has 4 atom stereocenters. The molecule has 1 aromatic rings. The maximum atomic E-state index is 13.7. The maximum absolute atomic E-state index is 13.7. The van der Waals surface area contributed by atoms with Crippen LogP contribution in [0.4, 0.5) is 4.39 Å². The van der Waals surface area contributed by atoms with Crippen molar-refractivity contribution in [3.05, 3.63) is 29.1 Å². The number of rotatable bonds is 3. The Morgan fingerprint density at radius 3 is 2.55 bits per heavy atom. The van der Waals surface area contributed by atoms with Crippen molar-refractivity contribution in [3.8, 4) is 5.75 Å². The van der Waals surface area contributed by atoms with Crippen LogP contribution in [0.5, 0.6) is 5.75 Å².